The van der Waals surface area contributed by atoms with Gasteiger partial charge in [0.15, 0.2) is 0 Å². The SMILES string of the molecule is O=C(c1ccc2ncsc2c1)N1CC(N2CCN(c3ccccn3)CC2)C1. The van der Waals surface area contributed by atoms with E-state index in [0.29, 0.717) is 6.04 Å². The smallest absolute Gasteiger partial charge is 0.254 e. The molecule has 0 radical (unpaired) electrons. The third-order valence-corrected chi connectivity index (χ3v) is 6.32. The molecule has 138 valence electrons. The highest BCUT2D eigenvalue weighted by atomic mass is 32.1. The van der Waals surface area contributed by atoms with E-state index in [-0.39, 0.29) is 5.91 Å². The van der Waals surface area contributed by atoms with Gasteiger partial charge >= 0.3 is 0 Å². The molecule has 27 heavy (non-hydrogen) atoms. The zero-order valence-corrected chi connectivity index (χ0v) is 15.8. The van der Waals surface area contributed by atoms with Crippen LogP contribution in [0.15, 0.2) is 48.1 Å². The Kier molecular flexibility index (Phi) is 4.26. The second-order valence-electron chi connectivity index (χ2n) is 7.11. The predicted octanol–water partition coefficient (Wildman–Crippen LogP) is 2.34. The van der Waals surface area contributed by atoms with Crippen LogP contribution >= 0.6 is 11.3 Å². The van der Waals surface area contributed by atoms with Crippen LogP contribution in [0.1, 0.15) is 10.4 Å². The molecule has 0 aliphatic carbocycles. The molecule has 5 rings (SSSR count). The fourth-order valence-electron chi connectivity index (χ4n) is 3.88. The van der Waals surface area contributed by atoms with Crippen LogP contribution in [0.3, 0.4) is 0 Å². The summed E-state index contributed by atoms with van der Waals surface area (Å²) >= 11 is 1.58. The van der Waals surface area contributed by atoms with Crippen molar-refractivity contribution in [2.45, 2.75) is 6.04 Å². The summed E-state index contributed by atoms with van der Waals surface area (Å²) in [6.45, 7) is 5.67. The molecule has 0 atom stereocenters. The molecule has 2 fully saturated rings. The largest absolute Gasteiger partial charge is 0.354 e. The predicted molar refractivity (Wildman–Crippen MR) is 107 cm³/mol. The van der Waals surface area contributed by atoms with Gasteiger partial charge in [0.2, 0.25) is 0 Å². The first-order chi connectivity index (χ1) is 13.3. The lowest BCUT2D eigenvalue weighted by atomic mass is 10.0. The maximum Gasteiger partial charge on any atom is 0.254 e. The maximum absolute atomic E-state index is 12.7. The lowest BCUT2D eigenvalue weighted by Gasteiger charge is -2.48. The Balaban J connectivity index is 1.16. The van der Waals surface area contributed by atoms with Crippen LogP contribution in [0.2, 0.25) is 0 Å². The average Bonchev–Trinajstić information content (AvgIpc) is 3.16. The standard InChI is InChI=1S/C20H21N5OS/c26-20(15-4-5-17-18(11-15)27-14-22-17)25-12-16(13-25)23-7-9-24(10-8-23)19-3-1-2-6-21-19/h1-6,11,14,16H,7-10,12-13H2. The Morgan fingerprint density at radius 2 is 1.89 bits per heavy atom. The van der Waals surface area contributed by atoms with Crippen molar-refractivity contribution in [2.24, 2.45) is 0 Å². The molecule has 0 bridgehead atoms. The third kappa shape index (κ3) is 3.17. The molecular weight excluding hydrogens is 358 g/mol. The van der Waals surface area contributed by atoms with E-state index in [9.17, 15) is 4.79 Å². The number of hydrogen-bond donors (Lipinski definition) is 0. The van der Waals surface area contributed by atoms with Gasteiger partial charge in [-0.1, -0.05) is 6.07 Å². The summed E-state index contributed by atoms with van der Waals surface area (Å²) < 4.78 is 1.07. The second kappa shape index (κ2) is 6.90. The first-order valence-electron chi connectivity index (χ1n) is 9.30. The first-order valence-corrected chi connectivity index (χ1v) is 10.2. The fourth-order valence-corrected chi connectivity index (χ4v) is 4.60. The highest BCUT2D eigenvalue weighted by Gasteiger charge is 2.36. The van der Waals surface area contributed by atoms with E-state index in [0.717, 1.165) is 60.9 Å². The molecule has 7 heteroatoms. The van der Waals surface area contributed by atoms with Crippen LogP contribution in [-0.4, -0.2) is 71.0 Å². The van der Waals surface area contributed by atoms with Gasteiger partial charge in [0.25, 0.3) is 5.91 Å². The number of aromatic nitrogens is 2. The summed E-state index contributed by atoms with van der Waals surface area (Å²) in [7, 11) is 0. The van der Waals surface area contributed by atoms with Crippen LogP contribution in [0.5, 0.6) is 0 Å². The van der Waals surface area contributed by atoms with Gasteiger partial charge in [0.1, 0.15) is 5.82 Å². The Labute approximate surface area is 162 Å². The molecule has 2 aliphatic heterocycles. The first kappa shape index (κ1) is 16.6. The summed E-state index contributed by atoms with van der Waals surface area (Å²) in [6, 6.07) is 12.3. The zero-order valence-electron chi connectivity index (χ0n) is 15.0. The highest BCUT2D eigenvalue weighted by molar-refractivity contribution is 7.16. The van der Waals surface area contributed by atoms with E-state index in [1.54, 1.807) is 11.3 Å². The van der Waals surface area contributed by atoms with Crippen LogP contribution in [0.25, 0.3) is 10.2 Å². The number of carbonyl (C=O) groups excluding carboxylic acids is 1. The number of carbonyl (C=O) groups is 1. The number of piperazine rings is 1. The van der Waals surface area contributed by atoms with Crippen LogP contribution < -0.4 is 4.90 Å². The third-order valence-electron chi connectivity index (χ3n) is 5.53. The summed E-state index contributed by atoms with van der Waals surface area (Å²) in [6.07, 6.45) is 1.85. The van der Waals surface area contributed by atoms with Gasteiger partial charge in [-0.25, -0.2) is 9.97 Å². The van der Waals surface area contributed by atoms with E-state index >= 15 is 0 Å². The number of amides is 1. The van der Waals surface area contributed by atoms with Crippen LogP contribution in [0.4, 0.5) is 5.82 Å². The Hall–Kier alpha value is -2.51. The number of hydrogen-bond acceptors (Lipinski definition) is 6. The molecule has 2 aromatic heterocycles. The molecule has 0 N–H and O–H groups in total. The molecule has 6 nitrogen and oxygen atoms in total. The molecule has 0 spiro atoms. The van der Waals surface area contributed by atoms with Gasteiger partial charge in [-0.15, -0.1) is 11.3 Å². The van der Waals surface area contributed by atoms with Crippen molar-refractivity contribution in [1.29, 1.82) is 0 Å². The molecule has 1 aromatic carbocycles. The lowest BCUT2D eigenvalue weighted by Crippen LogP contribution is -2.64. The van der Waals surface area contributed by atoms with E-state index in [1.165, 1.54) is 0 Å². The Morgan fingerprint density at radius 3 is 2.67 bits per heavy atom. The maximum atomic E-state index is 12.7. The van der Waals surface area contributed by atoms with Crippen molar-refractivity contribution in [1.82, 2.24) is 19.8 Å². The lowest BCUT2D eigenvalue weighted by molar-refractivity contribution is 0.0246. The number of fused-ring (bicyclic) bond motifs is 1. The number of nitrogens with zero attached hydrogens (tertiary/aromatic N) is 5. The average molecular weight is 379 g/mol. The minimum Gasteiger partial charge on any atom is -0.354 e. The minimum atomic E-state index is 0.133. The molecule has 2 aliphatic rings. The number of pyridine rings is 1. The van der Waals surface area contributed by atoms with Crippen molar-refractivity contribution in [3.05, 3.63) is 53.7 Å². The number of benzene rings is 1. The van der Waals surface area contributed by atoms with Gasteiger partial charge in [-0.05, 0) is 30.3 Å². The van der Waals surface area contributed by atoms with Crippen molar-refractivity contribution >= 4 is 33.3 Å². The monoisotopic (exact) mass is 379 g/mol. The molecule has 0 unspecified atom stereocenters. The Morgan fingerprint density at radius 1 is 1.04 bits per heavy atom. The molecule has 1 amide bonds. The number of likely N-dealkylation sites (tertiary alicyclic amines) is 1. The van der Waals surface area contributed by atoms with Crippen molar-refractivity contribution in [3.8, 4) is 0 Å². The number of anilines is 1. The van der Waals surface area contributed by atoms with Gasteiger partial charge in [-0.3, -0.25) is 9.69 Å². The zero-order chi connectivity index (χ0) is 18.2. The van der Waals surface area contributed by atoms with E-state index < -0.39 is 0 Å². The normalized spacial score (nSPS) is 18.7. The Bertz CT molecular complexity index is 945. The van der Waals surface area contributed by atoms with Gasteiger partial charge in [0.05, 0.1) is 15.7 Å². The molecular formula is C20H21N5OS. The number of rotatable bonds is 3. The van der Waals surface area contributed by atoms with E-state index in [2.05, 4.69) is 25.8 Å². The van der Waals surface area contributed by atoms with Crippen molar-refractivity contribution in [2.75, 3.05) is 44.2 Å². The topological polar surface area (TPSA) is 52.6 Å². The fraction of sp³-hybridized carbons (Fsp3) is 0.350. The van der Waals surface area contributed by atoms with Crippen molar-refractivity contribution in [3.63, 3.8) is 0 Å². The highest BCUT2D eigenvalue weighted by Crippen LogP contribution is 2.24. The van der Waals surface area contributed by atoms with Crippen LogP contribution in [0, 0.1) is 0 Å². The van der Waals surface area contributed by atoms with Crippen LogP contribution in [-0.2, 0) is 0 Å². The van der Waals surface area contributed by atoms with E-state index in [1.807, 2.05) is 46.9 Å². The summed E-state index contributed by atoms with van der Waals surface area (Å²) in [5.41, 5.74) is 3.55. The minimum absolute atomic E-state index is 0.133. The van der Waals surface area contributed by atoms with Crippen molar-refractivity contribution < 1.29 is 4.79 Å². The van der Waals surface area contributed by atoms with E-state index in [4.69, 9.17) is 0 Å². The molecule has 4 heterocycles. The molecule has 0 saturated carbocycles. The van der Waals surface area contributed by atoms with Gasteiger partial charge < -0.3 is 9.80 Å². The molecule has 3 aromatic rings. The summed E-state index contributed by atoms with van der Waals surface area (Å²) in [5, 5.41) is 0. The second-order valence-corrected chi connectivity index (χ2v) is 8.00. The quantitative estimate of drug-likeness (QED) is 0.699. The number of thiazole rings is 1. The summed E-state index contributed by atoms with van der Waals surface area (Å²) in [5.74, 6) is 1.19. The van der Waals surface area contributed by atoms with Gasteiger partial charge in [0, 0.05) is 57.1 Å². The molecule has 2 saturated heterocycles. The summed E-state index contributed by atoms with van der Waals surface area (Å²) in [4.78, 5) is 28.3. The van der Waals surface area contributed by atoms with Gasteiger partial charge in [-0.2, -0.15) is 0 Å².